The third kappa shape index (κ3) is 3.64. The van der Waals surface area contributed by atoms with Crippen LogP contribution in [0.2, 0.25) is 0 Å². The van der Waals surface area contributed by atoms with Gasteiger partial charge in [0, 0.05) is 6.04 Å². The van der Waals surface area contributed by atoms with Gasteiger partial charge >= 0.3 is 0 Å². The van der Waals surface area contributed by atoms with Crippen molar-refractivity contribution < 1.29 is 27.4 Å². The minimum absolute atomic E-state index is 0.0105. The number of halogens is 3. The fourth-order valence-electron chi connectivity index (χ4n) is 3.66. The average Bonchev–Trinajstić information content (AvgIpc) is 3.16. The molecule has 5 nitrogen and oxygen atoms in total. The van der Waals surface area contributed by atoms with E-state index >= 15 is 0 Å². The first-order chi connectivity index (χ1) is 13.5. The first-order valence-electron chi connectivity index (χ1n) is 9.10. The first-order valence-corrected chi connectivity index (χ1v) is 9.10. The van der Waals surface area contributed by atoms with Crippen LogP contribution in [0.15, 0.2) is 30.3 Å². The summed E-state index contributed by atoms with van der Waals surface area (Å²) in [4.78, 5) is 14.3. The highest BCUT2D eigenvalue weighted by atomic mass is 19.2. The third-order valence-corrected chi connectivity index (χ3v) is 4.97. The summed E-state index contributed by atoms with van der Waals surface area (Å²) in [5.41, 5.74) is 0.632. The molecular formula is C20H19F3N2O3. The van der Waals surface area contributed by atoms with Crippen molar-refractivity contribution in [2.75, 3.05) is 31.6 Å². The number of ether oxygens (including phenoxy) is 2. The maximum atomic E-state index is 13.8. The molecule has 0 aromatic heterocycles. The highest BCUT2D eigenvalue weighted by Gasteiger charge is 2.29. The van der Waals surface area contributed by atoms with Crippen molar-refractivity contribution in [3.8, 4) is 11.5 Å². The van der Waals surface area contributed by atoms with Crippen LogP contribution in [0.5, 0.6) is 11.5 Å². The van der Waals surface area contributed by atoms with Crippen LogP contribution in [0.25, 0.3) is 0 Å². The predicted octanol–water partition coefficient (Wildman–Crippen LogP) is 3.65. The molecule has 2 aromatic carbocycles. The zero-order chi connectivity index (χ0) is 19.7. The van der Waals surface area contributed by atoms with Gasteiger partial charge in [-0.1, -0.05) is 6.07 Å². The fourth-order valence-corrected chi connectivity index (χ4v) is 3.66. The van der Waals surface area contributed by atoms with Gasteiger partial charge in [0.25, 0.3) is 0 Å². The van der Waals surface area contributed by atoms with E-state index in [-0.39, 0.29) is 18.3 Å². The molecule has 1 fully saturated rings. The lowest BCUT2D eigenvalue weighted by atomic mass is 10.0. The van der Waals surface area contributed by atoms with E-state index in [1.54, 1.807) is 0 Å². The Morgan fingerprint density at radius 3 is 2.68 bits per heavy atom. The minimum Gasteiger partial charge on any atom is -0.486 e. The number of benzene rings is 2. The summed E-state index contributed by atoms with van der Waals surface area (Å²) in [6.45, 7) is 1.72. The number of carbonyl (C=O) groups is 1. The Bertz CT molecular complexity index is 907. The number of amides is 1. The van der Waals surface area contributed by atoms with Crippen molar-refractivity contribution in [3.05, 3.63) is 53.3 Å². The molecule has 1 saturated heterocycles. The number of carbonyl (C=O) groups excluding carboxylic acids is 1. The van der Waals surface area contributed by atoms with Gasteiger partial charge in [-0.25, -0.2) is 13.2 Å². The second-order valence-corrected chi connectivity index (χ2v) is 6.80. The number of nitrogens with zero attached hydrogens (tertiary/aromatic N) is 1. The lowest BCUT2D eigenvalue weighted by molar-refractivity contribution is -0.117. The Kier molecular flexibility index (Phi) is 5.13. The lowest BCUT2D eigenvalue weighted by Gasteiger charge is -2.26. The van der Waals surface area contributed by atoms with Gasteiger partial charge in [-0.3, -0.25) is 9.69 Å². The number of fused-ring (bicyclic) bond motifs is 1. The van der Waals surface area contributed by atoms with E-state index in [0.29, 0.717) is 31.3 Å². The molecule has 1 N–H and O–H groups in total. The van der Waals surface area contributed by atoms with Gasteiger partial charge in [0.05, 0.1) is 12.2 Å². The second kappa shape index (κ2) is 7.71. The highest BCUT2D eigenvalue weighted by Crippen LogP contribution is 2.38. The van der Waals surface area contributed by atoms with Crippen LogP contribution in [0.3, 0.4) is 0 Å². The van der Waals surface area contributed by atoms with Gasteiger partial charge in [0.15, 0.2) is 29.0 Å². The largest absolute Gasteiger partial charge is 0.486 e. The van der Waals surface area contributed by atoms with Crippen LogP contribution < -0.4 is 14.8 Å². The summed E-state index contributed by atoms with van der Waals surface area (Å²) in [7, 11) is 0. The van der Waals surface area contributed by atoms with Crippen LogP contribution in [0, 0.1) is 17.5 Å². The molecule has 28 heavy (non-hydrogen) atoms. The predicted molar refractivity (Wildman–Crippen MR) is 95.9 cm³/mol. The van der Waals surface area contributed by atoms with Crippen LogP contribution in [-0.4, -0.2) is 37.1 Å². The second-order valence-electron chi connectivity index (χ2n) is 6.80. The number of hydrogen-bond acceptors (Lipinski definition) is 4. The van der Waals surface area contributed by atoms with Crippen LogP contribution in [-0.2, 0) is 4.79 Å². The first kappa shape index (κ1) is 18.6. The number of rotatable bonds is 4. The molecule has 0 unspecified atom stereocenters. The molecule has 1 amide bonds. The summed E-state index contributed by atoms with van der Waals surface area (Å²) in [6, 6.07) is 7.53. The summed E-state index contributed by atoms with van der Waals surface area (Å²) < 4.78 is 51.3. The van der Waals surface area contributed by atoms with Crippen LogP contribution in [0.1, 0.15) is 24.4 Å². The molecule has 2 aliphatic rings. The SMILES string of the molecule is O=C(CN1CCC[C@@H]1c1ccc2c(c1)OCCO2)Nc1ccc(F)c(F)c1F. The number of nitrogens with one attached hydrogen (secondary N) is 1. The van der Waals surface area contributed by atoms with Crippen molar-refractivity contribution in [1.82, 2.24) is 4.90 Å². The summed E-state index contributed by atoms with van der Waals surface area (Å²) in [5.74, 6) is -3.41. The summed E-state index contributed by atoms with van der Waals surface area (Å²) >= 11 is 0. The van der Waals surface area contributed by atoms with E-state index in [0.717, 1.165) is 30.5 Å². The molecule has 0 saturated carbocycles. The molecule has 2 aromatic rings. The third-order valence-electron chi connectivity index (χ3n) is 4.97. The maximum Gasteiger partial charge on any atom is 0.238 e. The van der Waals surface area contributed by atoms with Crippen LogP contribution in [0.4, 0.5) is 18.9 Å². The van der Waals surface area contributed by atoms with Crippen molar-refractivity contribution in [1.29, 1.82) is 0 Å². The molecule has 1 atom stereocenters. The zero-order valence-corrected chi connectivity index (χ0v) is 15.0. The summed E-state index contributed by atoms with van der Waals surface area (Å²) in [5, 5.41) is 2.32. The van der Waals surface area contributed by atoms with Gasteiger partial charge in [0.1, 0.15) is 13.2 Å². The smallest absolute Gasteiger partial charge is 0.238 e. The molecule has 8 heteroatoms. The minimum atomic E-state index is -1.60. The Hall–Kier alpha value is -2.74. The van der Waals surface area contributed by atoms with E-state index in [1.807, 2.05) is 23.1 Å². The Morgan fingerprint density at radius 1 is 1.07 bits per heavy atom. The van der Waals surface area contributed by atoms with Crippen molar-refractivity contribution in [2.24, 2.45) is 0 Å². The molecule has 0 spiro atoms. The number of anilines is 1. The Labute approximate surface area is 160 Å². The molecule has 2 aliphatic heterocycles. The molecule has 148 valence electrons. The molecular weight excluding hydrogens is 373 g/mol. The van der Waals surface area contributed by atoms with Gasteiger partial charge in [0.2, 0.25) is 5.91 Å². The van der Waals surface area contributed by atoms with E-state index in [9.17, 15) is 18.0 Å². The van der Waals surface area contributed by atoms with E-state index < -0.39 is 23.4 Å². The number of likely N-dealkylation sites (tertiary alicyclic amines) is 1. The van der Waals surface area contributed by atoms with Gasteiger partial charge < -0.3 is 14.8 Å². The zero-order valence-electron chi connectivity index (χ0n) is 15.0. The van der Waals surface area contributed by atoms with Crippen molar-refractivity contribution in [3.63, 3.8) is 0 Å². The van der Waals surface area contributed by atoms with Gasteiger partial charge in [-0.2, -0.15) is 0 Å². The van der Waals surface area contributed by atoms with Crippen LogP contribution >= 0.6 is 0 Å². The van der Waals surface area contributed by atoms with E-state index in [2.05, 4.69) is 5.32 Å². The van der Waals surface area contributed by atoms with E-state index in [4.69, 9.17) is 9.47 Å². The molecule has 0 aliphatic carbocycles. The summed E-state index contributed by atoms with van der Waals surface area (Å²) in [6.07, 6.45) is 1.78. The number of hydrogen-bond donors (Lipinski definition) is 1. The Balaban J connectivity index is 1.45. The topological polar surface area (TPSA) is 50.8 Å². The molecule has 4 rings (SSSR count). The van der Waals surface area contributed by atoms with Crippen molar-refractivity contribution >= 4 is 11.6 Å². The fraction of sp³-hybridized carbons (Fsp3) is 0.350. The maximum absolute atomic E-state index is 13.8. The quantitative estimate of drug-likeness (QED) is 0.807. The monoisotopic (exact) mass is 392 g/mol. The highest BCUT2D eigenvalue weighted by molar-refractivity contribution is 5.92. The lowest BCUT2D eigenvalue weighted by Crippen LogP contribution is -2.33. The standard InChI is InChI=1S/C20H19F3N2O3/c21-13-4-5-14(20(23)19(13)22)24-18(26)11-25-7-1-2-15(25)12-3-6-16-17(10-12)28-9-8-27-16/h3-6,10,15H,1-2,7-9,11H2,(H,24,26)/t15-/m1/s1. The molecule has 0 radical (unpaired) electrons. The van der Waals surface area contributed by atoms with E-state index in [1.165, 1.54) is 0 Å². The normalized spacial score (nSPS) is 18.9. The van der Waals surface area contributed by atoms with Crippen molar-refractivity contribution in [2.45, 2.75) is 18.9 Å². The van der Waals surface area contributed by atoms with Gasteiger partial charge in [-0.15, -0.1) is 0 Å². The van der Waals surface area contributed by atoms with Gasteiger partial charge in [-0.05, 0) is 49.2 Å². The average molecular weight is 392 g/mol. The Morgan fingerprint density at radius 2 is 1.86 bits per heavy atom. The molecule has 0 bridgehead atoms. The molecule has 2 heterocycles.